The van der Waals surface area contributed by atoms with Crippen molar-refractivity contribution in [3.8, 4) is 11.3 Å². The van der Waals surface area contributed by atoms with E-state index < -0.39 is 0 Å². The van der Waals surface area contributed by atoms with Gasteiger partial charge in [0.2, 0.25) is 11.9 Å². The standard InChI is InChI=1S/C22H24ClN5O2/c23-18-12-25-22(27-20(18)17-11-24-19-4-2-1-3-16(17)19)26-15-5-8-28(9-6-15)21(29)14-7-10-30-13-14/h1-4,11-12,14-15,24H,5-10,13H2,(H,25,26,27). The van der Waals surface area contributed by atoms with Crippen molar-refractivity contribution in [2.75, 3.05) is 31.6 Å². The summed E-state index contributed by atoms with van der Waals surface area (Å²) in [6.45, 7) is 2.75. The molecule has 0 saturated carbocycles. The van der Waals surface area contributed by atoms with Gasteiger partial charge in [0.1, 0.15) is 0 Å². The number of benzene rings is 1. The van der Waals surface area contributed by atoms with E-state index in [1.807, 2.05) is 29.3 Å². The highest BCUT2D eigenvalue weighted by Gasteiger charge is 2.30. The van der Waals surface area contributed by atoms with Gasteiger partial charge < -0.3 is 19.9 Å². The van der Waals surface area contributed by atoms with Crippen LogP contribution in [-0.4, -0.2) is 58.1 Å². The second-order valence-electron chi connectivity index (χ2n) is 7.94. The number of nitrogens with one attached hydrogen (secondary N) is 2. The number of hydrogen-bond donors (Lipinski definition) is 2. The molecule has 156 valence electrons. The topological polar surface area (TPSA) is 83.1 Å². The molecule has 0 spiro atoms. The number of piperidine rings is 1. The van der Waals surface area contributed by atoms with Crippen LogP contribution in [0, 0.1) is 5.92 Å². The molecule has 0 bridgehead atoms. The predicted octanol–water partition coefficient (Wildman–Crippen LogP) is 3.72. The van der Waals surface area contributed by atoms with E-state index in [-0.39, 0.29) is 17.9 Å². The zero-order chi connectivity index (χ0) is 20.5. The fourth-order valence-corrected chi connectivity index (χ4v) is 4.50. The monoisotopic (exact) mass is 425 g/mol. The quantitative estimate of drug-likeness (QED) is 0.665. The van der Waals surface area contributed by atoms with Crippen molar-refractivity contribution in [1.29, 1.82) is 0 Å². The van der Waals surface area contributed by atoms with E-state index in [2.05, 4.69) is 21.4 Å². The largest absolute Gasteiger partial charge is 0.381 e. The van der Waals surface area contributed by atoms with E-state index >= 15 is 0 Å². The molecule has 30 heavy (non-hydrogen) atoms. The zero-order valence-corrected chi connectivity index (χ0v) is 17.4. The van der Waals surface area contributed by atoms with Crippen LogP contribution in [-0.2, 0) is 9.53 Å². The first-order valence-corrected chi connectivity index (χ1v) is 10.8. The maximum absolute atomic E-state index is 12.6. The SMILES string of the molecule is O=C(C1CCOC1)N1CCC(Nc2ncc(Cl)c(-c3c[nH]c4ccccc34)n2)CC1. The lowest BCUT2D eigenvalue weighted by atomic mass is 10.0. The summed E-state index contributed by atoms with van der Waals surface area (Å²) in [6.07, 6.45) is 6.15. The van der Waals surface area contributed by atoms with Gasteiger partial charge in [-0.2, -0.15) is 0 Å². The second-order valence-corrected chi connectivity index (χ2v) is 8.35. The van der Waals surface area contributed by atoms with Gasteiger partial charge in [-0.3, -0.25) is 4.79 Å². The molecule has 5 rings (SSSR count). The van der Waals surface area contributed by atoms with Gasteiger partial charge in [0.25, 0.3) is 0 Å². The Morgan fingerprint density at radius 2 is 2.07 bits per heavy atom. The van der Waals surface area contributed by atoms with Crippen LogP contribution in [0.2, 0.25) is 5.02 Å². The third-order valence-electron chi connectivity index (χ3n) is 6.01. The van der Waals surface area contributed by atoms with Gasteiger partial charge >= 0.3 is 0 Å². The van der Waals surface area contributed by atoms with Crippen LogP contribution in [0.25, 0.3) is 22.2 Å². The van der Waals surface area contributed by atoms with Crippen LogP contribution in [0.15, 0.2) is 36.7 Å². The van der Waals surface area contributed by atoms with E-state index in [1.165, 1.54) is 0 Å². The average molecular weight is 426 g/mol. The molecule has 2 aliphatic rings. The number of aromatic nitrogens is 3. The number of halogens is 1. The minimum atomic E-state index is 0.0350. The van der Waals surface area contributed by atoms with E-state index in [0.29, 0.717) is 29.9 Å². The first kappa shape index (κ1) is 19.3. The first-order chi connectivity index (χ1) is 14.7. The van der Waals surface area contributed by atoms with E-state index in [4.69, 9.17) is 21.3 Å². The van der Waals surface area contributed by atoms with E-state index in [0.717, 1.165) is 48.8 Å². The Labute approximate surface area is 179 Å². The smallest absolute Gasteiger partial charge is 0.228 e. The Hall–Kier alpha value is -2.64. The van der Waals surface area contributed by atoms with Crippen LogP contribution in [0.3, 0.4) is 0 Å². The molecule has 2 fully saturated rings. The van der Waals surface area contributed by atoms with Crippen LogP contribution < -0.4 is 5.32 Å². The van der Waals surface area contributed by atoms with E-state index in [1.54, 1.807) is 6.20 Å². The Morgan fingerprint density at radius 3 is 2.87 bits per heavy atom. The molecule has 1 atom stereocenters. The summed E-state index contributed by atoms with van der Waals surface area (Å²) in [5, 5.41) is 5.03. The van der Waals surface area contributed by atoms with Gasteiger partial charge in [-0.1, -0.05) is 29.8 Å². The molecule has 2 N–H and O–H groups in total. The molecule has 0 radical (unpaired) electrons. The van der Waals surface area contributed by atoms with Crippen LogP contribution in [0.5, 0.6) is 0 Å². The third-order valence-corrected chi connectivity index (χ3v) is 6.28. The van der Waals surface area contributed by atoms with Gasteiger partial charge in [-0.25, -0.2) is 9.97 Å². The molecule has 7 nitrogen and oxygen atoms in total. The maximum atomic E-state index is 12.6. The Kier molecular flexibility index (Phi) is 5.31. The van der Waals surface area contributed by atoms with Crippen LogP contribution in [0.1, 0.15) is 19.3 Å². The van der Waals surface area contributed by atoms with Crippen molar-refractivity contribution < 1.29 is 9.53 Å². The number of amides is 1. The Bertz CT molecular complexity index is 1050. The number of ether oxygens (including phenoxy) is 1. The lowest BCUT2D eigenvalue weighted by molar-refractivity contribution is -0.136. The number of anilines is 1. The molecular weight excluding hydrogens is 402 g/mol. The van der Waals surface area contributed by atoms with Crippen molar-refractivity contribution in [2.24, 2.45) is 5.92 Å². The van der Waals surface area contributed by atoms with Crippen LogP contribution in [0.4, 0.5) is 5.95 Å². The molecule has 3 aromatic rings. The van der Waals surface area contributed by atoms with Crippen molar-refractivity contribution in [3.63, 3.8) is 0 Å². The fourth-order valence-electron chi connectivity index (χ4n) is 4.31. The number of fused-ring (bicyclic) bond motifs is 1. The Morgan fingerprint density at radius 1 is 1.23 bits per heavy atom. The van der Waals surface area contributed by atoms with Gasteiger partial charge in [0.15, 0.2) is 0 Å². The number of rotatable bonds is 4. The summed E-state index contributed by atoms with van der Waals surface area (Å²) >= 11 is 6.43. The number of carbonyl (C=O) groups excluding carboxylic acids is 1. The molecular formula is C22H24ClN5O2. The fraction of sp³-hybridized carbons (Fsp3) is 0.409. The number of nitrogens with zero attached hydrogens (tertiary/aromatic N) is 3. The molecule has 2 aliphatic heterocycles. The van der Waals surface area contributed by atoms with Gasteiger partial charge in [-0.05, 0) is 25.3 Å². The summed E-state index contributed by atoms with van der Waals surface area (Å²) in [6, 6.07) is 8.30. The molecule has 4 heterocycles. The van der Waals surface area contributed by atoms with E-state index in [9.17, 15) is 4.79 Å². The average Bonchev–Trinajstić information content (AvgIpc) is 3.45. The van der Waals surface area contributed by atoms with Crippen molar-refractivity contribution >= 4 is 34.4 Å². The molecule has 1 aromatic carbocycles. The summed E-state index contributed by atoms with van der Waals surface area (Å²) < 4.78 is 5.36. The zero-order valence-electron chi connectivity index (χ0n) is 16.6. The number of likely N-dealkylation sites (tertiary alicyclic amines) is 1. The van der Waals surface area contributed by atoms with Gasteiger partial charge in [0, 0.05) is 48.4 Å². The molecule has 1 amide bonds. The molecule has 2 saturated heterocycles. The highest BCUT2D eigenvalue weighted by Crippen LogP contribution is 2.32. The van der Waals surface area contributed by atoms with Gasteiger partial charge in [-0.15, -0.1) is 0 Å². The highest BCUT2D eigenvalue weighted by molar-refractivity contribution is 6.33. The molecule has 1 unspecified atom stereocenters. The maximum Gasteiger partial charge on any atom is 0.228 e. The Balaban J connectivity index is 1.27. The summed E-state index contributed by atoms with van der Waals surface area (Å²) in [7, 11) is 0. The minimum Gasteiger partial charge on any atom is -0.381 e. The normalized spacial score (nSPS) is 20.0. The lowest BCUT2D eigenvalue weighted by Gasteiger charge is -2.33. The first-order valence-electron chi connectivity index (χ1n) is 10.4. The number of hydrogen-bond acceptors (Lipinski definition) is 5. The second kappa shape index (κ2) is 8.24. The highest BCUT2D eigenvalue weighted by atomic mass is 35.5. The predicted molar refractivity (Wildman–Crippen MR) is 116 cm³/mol. The molecule has 8 heteroatoms. The third kappa shape index (κ3) is 3.75. The van der Waals surface area contributed by atoms with Gasteiger partial charge in [0.05, 0.1) is 29.4 Å². The summed E-state index contributed by atoms with van der Waals surface area (Å²) in [5.74, 6) is 0.830. The summed E-state index contributed by atoms with van der Waals surface area (Å²) in [4.78, 5) is 26.9. The number of H-pyrrole nitrogens is 1. The summed E-state index contributed by atoms with van der Waals surface area (Å²) in [5.41, 5.74) is 2.71. The van der Waals surface area contributed by atoms with Crippen molar-refractivity contribution in [1.82, 2.24) is 19.9 Å². The molecule has 0 aliphatic carbocycles. The molecule has 2 aromatic heterocycles. The lowest BCUT2D eigenvalue weighted by Crippen LogP contribution is -2.45. The van der Waals surface area contributed by atoms with Crippen molar-refractivity contribution in [3.05, 3.63) is 41.7 Å². The van der Waals surface area contributed by atoms with Crippen LogP contribution >= 0.6 is 11.6 Å². The number of carbonyl (C=O) groups is 1. The van der Waals surface area contributed by atoms with Crippen molar-refractivity contribution in [2.45, 2.75) is 25.3 Å². The number of aromatic amines is 1. The number of para-hydroxylation sites is 1. The minimum absolute atomic E-state index is 0.0350.